The molecule has 10 nitrogen and oxygen atoms in total. The van der Waals surface area contributed by atoms with E-state index in [4.69, 9.17) is 31.1 Å². The minimum Gasteiger partial charge on any atom is -0.486 e. The summed E-state index contributed by atoms with van der Waals surface area (Å²) in [5.74, 6) is -0.208. The number of esters is 1. The van der Waals surface area contributed by atoms with E-state index in [1.54, 1.807) is 66.7 Å². The number of hydrogen-bond donors (Lipinski definition) is 3. The average Bonchev–Trinajstić information content (AvgIpc) is 2.94. The van der Waals surface area contributed by atoms with Crippen LogP contribution in [0.3, 0.4) is 0 Å². The van der Waals surface area contributed by atoms with Crippen LogP contribution in [0.2, 0.25) is 5.02 Å². The molecular weight excluding hydrogens is 524 g/mol. The molecule has 0 spiro atoms. The van der Waals surface area contributed by atoms with Crippen LogP contribution < -0.4 is 25.4 Å². The summed E-state index contributed by atoms with van der Waals surface area (Å²) in [5, 5.41) is 17.7. The summed E-state index contributed by atoms with van der Waals surface area (Å²) in [6.45, 7) is -0.400. The van der Waals surface area contributed by atoms with E-state index in [-0.39, 0.29) is 37.0 Å². The van der Waals surface area contributed by atoms with Crippen LogP contribution in [0.4, 0.5) is 10.5 Å². The predicted octanol–water partition coefficient (Wildman–Crippen LogP) is 3.97. The highest BCUT2D eigenvalue weighted by atomic mass is 35.5. The third-order valence-electron chi connectivity index (χ3n) is 5.98. The molecule has 2 aliphatic rings. The molecule has 196 valence electrons. The Hall–Kier alpha value is -5.01. The van der Waals surface area contributed by atoms with Gasteiger partial charge in [-0.1, -0.05) is 41.9 Å². The summed E-state index contributed by atoms with van der Waals surface area (Å²) in [4.78, 5) is 38.1. The second-order valence-corrected chi connectivity index (χ2v) is 9.03. The number of amides is 3. The SMILES string of the molecule is N#Cc1cccc(COC(=O)C2=C(COc3ccccc3Cl)NC(=O)NC2c2ccc3c(c2)NC(=O)CO3)c1. The molecular formula is C28H21ClN4O6. The predicted molar refractivity (Wildman–Crippen MR) is 140 cm³/mol. The number of para-hydroxylation sites is 1. The largest absolute Gasteiger partial charge is 0.486 e. The van der Waals surface area contributed by atoms with Crippen molar-refractivity contribution in [3.63, 3.8) is 0 Å². The van der Waals surface area contributed by atoms with Crippen LogP contribution in [0.1, 0.15) is 22.7 Å². The molecule has 2 aliphatic heterocycles. The fraction of sp³-hybridized carbons (Fsp3) is 0.143. The molecule has 39 heavy (non-hydrogen) atoms. The number of nitrogens with zero attached hydrogens (tertiary/aromatic N) is 1. The maximum absolute atomic E-state index is 13.5. The van der Waals surface area contributed by atoms with Crippen LogP contribution in [-0.4, -0.2) is 31.1 Å². The van der Waals surface area contributed by atoms with E-state index in [1.807, 2.05) is 6.07 Å². The van der Waals surface area contributed by atoms with Gasteiger partial charge in [0.15, 0.2) is 6.61 Å². The van der Waals surface area contributed by atoms with Gasteiger partial charge < -0.3 is 30.2 Å². The molecule has 0 radical (unpaired) electrons. The molecule has 2 heterocycles. The molecule has 0 bridgehead atoms. The summed E-state index contributed by atoms with van der Waals surface area (Å²) >= 11 is 6.21. The van der Waals surface area contributed by atoms with Crippen LogP contribution in [0, 0.1) is 11.3 Å². The van der Waals surface area contributed by atoms with Gasteiger partial charge in [-0.15, -0.1) is 0 Å². The van der Waals surface area contributed by atoms with Crippen LogP contribution in [0.5, 0.6) is 11.5 Å². The third-order valence-corrected chi connectivity index (χ3v) is 6.29. The number of rotatable bonds is 7. The molecule has 0 aromatic heterocycles. The van der Waals surface area contributed by atoms with E-state index in [1.165, 1.54) is 0 Å². The lowest BCUT2D eigenvalue weighted by molar-refractivity contribution is -0.140. The van der Waals surface area contributed by atoms with Gasteiger partial charge in [-0.05, 0) is 47.5 Å². The quantitative estimate of drug-likeness (QED) is 0.382. The van der Waals surface area contributed by atoms with Gasteiger partial charge >= 0.3 is 12.0 Å². The highest BCUT2D eigenvalue weighted by molar-refractivity contribution is 6.32. The second kappa shape index (κ2) is 11.2. The lowest BCUT2D eigenvalue weighted by atomic mass is 9.94. The Kier molecular flexibility index (Phi) is 7.34. The minimum atomic E-state index is -0.939. The summed E-state index contributed by atoms with van der Waals surface area (Å²) in [5.41, 5.74) is 2.24. The van der Waals surface area contributed by atoms with Crippen LogP contribution >= 0.6 is 11.6 Å². The fourth-order valence-corrected chi connectivity index (χ4v) is 4.36. The zero-order valence-electron chi connectivity index (χ0n) is 20.3. The van der Waals surface area contributed by atoms with E-state index in [2.05, 4.69) is 16.0 Å². The highest BCUT2D eigenvalue weighted by Crippen LogP contribution is 2.35. The van der Waals surface area contributed by atoms with Gasteiger partial charge in [-0.3, -0.25) is 4.79 Å². The molecule has 0 saturated heterocycles. The first-order valence-electron chi connectivity index (χ1n) is 11.8. The molecule has 1 unspecified atom stereocenters. The Labute approximate surface area is 228 Å². The number of nitrogens with one attached hydrogen (secondary N) is 3. The van der Waals surface area contributed by atoms with Crippen molar-refractivity contribution in [3.05, 3.63) is 99.7 Å². The Morgan fingerprint density at radius 1 is 1.05 bits per heavy atom. The molecule has 1 atom stereocenters. The molecule has 5 rings (SSSR count). The van der Waals surface area contributed by atoms with Gasteiger partial charge in [-0.2, -0.15) is 5.26 Å². The van der Waals surface area contributed by atoms with Crippen LogP contribution in [0.15, 0.2) is 78.0 Å². The van der Waals surface area contributed by atoms with Crippen LogP contribution in [-0.2, 0) is 20.9 Å². The molecule has 0 fully saturated rings. The molecule has 3 aromatic carbocycles. The number of anilines is 1. The molecule has 3 N–H and O–H groups in total. The van der Waals surface area contributed by atoms with E-state index >= 15 is 0 Å². The van der Waals surface area contributed by atoms with E-state index in [9.17, 15) is 14.4 Å². The Morgan fingerprint density at radius 3 is 2.72 bits per heavy atom. The topological polar surface area (TPSA) is 139 Å². The molecule has 0 aliphatic carbocycles. The number of halogens is 1. The van der Waals surface area contributed by atoms with Crippen molar-refractivity contribution in [2.45, 2.75) is 12.6 Å². The summed E-state index contributed by atoms with van der Waals surface area (Å²) in [6, 6.07) is 19.0. The number of ether oxygens (including phenoxy) is 3. The van der Waals surface area contributed by atoms with Gasteiger partial charge in [0.1, 0.15) is 24.7 Å². The lowest BCUT2D eigenvalue weighted by Gasteiger charge is -2.30. The van der Waals surface area contributed by atoms with E-state index < -0.39 is 18.0 Å². The number of benzene rings is 3. The molecule has 11 heteroatoms. The number of carbonyl (C=O) groups excluding carboxylic acids is 3. The van der Waals surface area contributed by atoms with E-state index in [0.29, 0.717) is 38.9 Å². The van der Waals surface area contributed by atoms with Gasteiger partial charge in [0.2, 0.25) is 0 Å². The first-order valence-corrected chi connectivity index (χ1v) is 12.2. The van der Waals surface area contributed by atoms with Gasteiger partial charge in [0.25, 0.3) is 5.91 Å². The first-order chi connectivity index (χ1) is 18.9. The smallest absolute Gasteiger partial charge is 0.338 e. The Balaban J connectivity index is 1.49. The second-order valence-electron chi connectivity index (χ2n) is 8.62. The van der Waals surface area contributed by atoms with Crippen molar-refractivity contribution < 1.29 is 28.6 Å². The number of hydrogen-bond acceptors (Lipinski definition) is 7. The van der Waals surface area contributed by atoms with Crippen molar-refractivity contribution in [2.24, 2.45) is 0 Å². The van der Waals surface area contributed by atoms with Crippen molar-refractivity contribution in [1.82, 2.24) is 10.6 Å². The Morgan fingerprint density at radius 2 is 1.90 bits per heavy atom. The number of urea groups is 1. The number of carbonyl (C=O) groups is 3. The normalized spacial score (nSPS) is 16.1. The number of nitriles is 1. The maximum Gasteiger partial charge on any atom is 0.338 e. The zero-order valence-corrected chi connectivity index (χ0v) is 21.1. The number of fused-ring (bicyclic) bond motifs is 1. The van der Waals surface area contributed by atoms with Gasteiger partial charge in [-0.25, -0.2) is 9.59 Å². The van der Waals surface area contributed by atoms with Crippen LogP contribution in [0.25, 0.3) is 0 Å². The third kappa shape index (κ3) is 5.79. The summed E-state index contributed by atoms with van der Waals surface area (Å²) < 4.78 is 16.9. The van der Waals surface area contributed by atoms with Crippen molar-refractivity contribution >= 4 is 35.2 Å². The van der Waals surface area contributed by atoms with Crippen molar-refractivity contribution in [3.8, 4) is 17.6 Å². The van der Waals surface area contributed by atoms with Crippen molar-refractivity contribution in [1.29, 1.82) is 5.26 Å². The van der Waals surface area contributed by atoms with Gasteiger partial charge in [0.05, 0.1) is 39.7 Å². The molecule has 3 aromatic rings. The maximum atomic E-state index is 13.5. The lowest BCUT2D eigenvalue weighted by Crippen LogP contribution is -2.47. The molecule has 3 amide bonds. The van der Waals surface area contributed by atoms with Gasteiger partial charge in [0, 0.05) is 0 Å². The zero-order chi connectivity index (χ0) is 27.4. The van der Waals surface area contributed by atoms with Crippen molar-refractivity contribution in [2.75, 3.05) is 18.5 Å². The highest BCUT2D eigenvalue weighted by Gasteiger charge is 2.35. The minimum absolute atomic E-state index is 0.0982. The Bertz CT molecular complexity index is 1550. The standard InChI is InChI=1S/C28H21ClN4O6/c29-19-6-1-2-7-22(19)37-14-21-25(27(35)39-13-17-5-3-4-16(10-17)12-30)26(33-28(36)32-21)18-8-9-23-20(11-18)31-24(34)15-38-23/h1-11,26H,13-15H2,(H,31,34)(H2,32,33,36). The molecule has 0 saturated carbocycles. The average molecular weight is 545 g/mol. The first kappa shape index (κ1) is 25.6. The fourth-order valence-electron chi connectivity index (χ4n) is 4.17. The summed E-state index contributed by atoms with van der Waals surface area (Å²) in [6.07, 6.45) is 0. The summed E-state index contributed by atoms with van der Waals surface area (Å²) in [7, 11) is 0. The monoisotopic (exact) mass is 544 g/mol. The van der Waals surface area contributed by atoms with E-state index in [0.717, 1.165) is 0 Å².